The van der Waals surface area contributed by atoms with Crippen LogP contribution in [0.5, 0.6) is 11.6 Å². The lowest BCUT2D eigenvalue weighted by molar-refractivity contribution is 0.0823. The van der Waals surface area contributed by atoms with Gasteiger partial charge in [0.2, 0.25) is 11.8 Å². The lowest BCUT2D eigenvalue weighted by Crippen LogP contribution is -2.22. The van der Waals surface area contributed by atoms with Gasteiger partial charge in [-0.2, -0.15) is 10.2 Å². The van der Waals surface area contributed by atoms with E-state index in [9.17, 15) is 10.1 Å². The summed E-state index contributed by atoms with van der Waals surface area (Å²) in [5.41, 5.74) is 1.52. The smallest absolute Gasteiger partial charge is 0.258 e. The second-order valence-corrected chi connectivity index (χ2v) is 7.60. The molecule has 174 valence electrons. The monoisotopic (exact) mass is 461 g/mol. The molecule has 1 aliphatic rings. The summed E-state index contributed by atoms with van der Waals surface area (Å²) in [7, 11) is 4.75. The van der Waals surface area contributed by atoms with Gasteiger partial charge in [0.15, 0.2) is 11.4 Å². The topological polar surface area (TPSA) is 135 Å². The average Bonchev–Trinajstić information content (AvgIpc) is 3.37. The Morgan fingerprint density at radius 2 is 2.00 bits per heavy atom. The fraction of sp³-hybridized carbons (Fsp3) is 0.304. The molecule has 4 rings (SSSR count). The van der Waals surface area contributed by atoms with Crippen molar-refractivity contribution in [3.8, 4) is 29.1 Å². The summed E-state index contributed by atoms with van der Waals surface area (Å²) in [5, 5.41) is 12.5. The Morgan fingerprint density at radius 1 is 1.18 bits per heavy atom. The van der Waals surface area contributed by atoms with Crippen molar-refractivity contribution in [3.63, 3.8) is 0 Å². The summed E-state index contributed by atoms with van der Waals surface area (Å²) in [4.78, 5) is 31.2. The number of hydrogen-bond acceptors (Lipinski definition) is 10. The van der Waals surface area contributed by atoms with Crippen LogP contribution in [-0.2, 0) is 4.74 Å². The largest absolute Gasteiger partial charge is 0.485 e. The van der Waals surface area contributed by atoms with Crippen molar-refractivity contribution in [3.05, 3.63) is 47.8 Å². The molecule has 4 heterocycles. The van der Waals surface area contributed by atoms with E-state index in [1.54, 1.807) is 50.6 Å². The van der Waals surface area contributed by atoms with Crippen molar-refractivity contribution < 1.29 is 19.0 Å². The van der Waals surface area contributed by atoms with Gasteiger partial charge in [-0.15, -0.1) is 0 Å². The summed E-state index contributed by atoms with van der Waals surface area (Å²) in [6.07, 6.45) is 2.26. The fourth-order valence-corrected chi connectivity index (χ4v) is 3.30. The quantitative estimate of drug-likeness (QED) is 0.559. The minimum Gasteiger partial charge on any atom is -0.485 e. The first-order valence-corrected chi connectivity index (χ1v) is 10.5. The molecule has 1 atom stereocenters. The van der Waals surface area contributed by atoms with Gasteiger partial charge in [-0.3, -0.25) is 4.79 Å². The number of nitrogens with zero attached hydrogens (tertiary/aromatic N) is 6. The van der Waals surface area contributed by atoms with E-state index >= 15 is 0 Å². The predicted molar refractivity (Wildman–Crippen MR) is 122 cm³/mol. The van der Waals surface area contributed by atoms with E-state index in [2.05, 4.69) is 31.3 Å². The SMILES string of the molecule is COc1nc(Nc2nccc(-c3ccc(OC4CCOC4)c(C#N)n3)n2)ccc1C(=O)N(C)C. The standard InChI is InChI=1S/C23H23N7O4/c1-30(2)22(31)15-4-7-20(28-21(15)32-3)29-23-25-10-8-17(27-23)16-5-6-19(18(12-24)26-16)34-14-9-11-33-13-14/h4-8,10,14H,9,11,13H2,1-3H3,(H,25,27,28,29). The first-order valence-electron chi connectivity index (χ1n) is 10.5. The summed E-state index contributed by atoms with van der Waals surface area (Å²) in [6.45, 7) is 1.14. The highest BCUT2D eigenvalue weighted by atomic mass is 16.5. The average molecular weight is 461 g/mol. The van der Waals surface area contributed by atoms with Crippen LogP contribution in [0.15, 0.2) is 36.5 Å². The van der Waals surface area contributed by atoms with Gasteiger partial charge in [-0.1, -0.05) is 0 Å². The van der Waals surface area contributed by atoms with E-state index in [0.717, 1.165) is 6.42 Å². The van der Waals surface area contributed by atoms with Crippen molar-refractivity contribution >= 4 is 17.7 Å². The van der Waals surface area contributed by atoms with Crippen LogP contribution in [0.2, 0.25) is 0 Å². The first-order chi connectivity index (χ1) is 16.5. The molecule has 1 N–H and O–H groups in total. The molecule has 0 aliphatic carbocycles. The zero-order valence-electron chi connectivity index (χ0n) is 19.0. The number of rotatable bonds is 7. The Morgan fingerprint density at radius 3 is 2.71 bits per heavy atom. The Hall–Kier alpha value is -4.30. The number of methoxy groups -OCH3 is 1. The predicted octanol–water partition coefficient (Wildman–Crippen LogP) is 2.43. The third-order valence-electron chi connectivity index (χ3n) is 4.99. The molecule has 0 radical (unpaired) electrons. The number of carbonyl (C=O) groups is 1. The molecule has 3 aromatic rings. The lowest BCUT2D eigenvalue weighted by atomic mass is 10.2. The van der Waals surface area contributed by atoms with Gasteiger partial charge in [-0.05, 0) is 30.3 Å². The maximum absolute atomic E-state index is 12.3. The van der Waals surface area contributed by atoms with E-state index in [1.807, 2.05) is 0 Å². The molecule has 0 aromatic carbocycles. The van der Waals surface area contributed by atoms with Crippen LogP contribution in [-0.4, -0.2) is 71.3 Å². The molecule has 11 heteroatoms. The molecule has 1 saturated heterocycles. The van der Waals surface area contributed by atoms with E-state index in [-0.39, 0.29) is 29.5 Å². The molecule has 0 spiro atoms. The summed E-state index contributed by atoms with van der Waals surface area (Å²) in [5.74, 6) is 1.04. The summed E-state index contributed by atoms with van der Waals surface area (Å²) >= 11 is 0. The zero-order chi connectivity index (χ0) is 24.1. The van der Waals surface area contributed by atoms with Gasteiger partial charge in [0.25, 0.3) is 5.91 Å². The fourth-order valence-electron chi connectivity index (χ4n) is 3.30. The van der Waals surface area contributed by atoms with E-state index in [1.165, 1.54) is 12.0 Å². The van der Waals surface area contributed by atoms with Gasteiger partial charge >= 0.3 is 0 Å². The minimum atomic E-state index is -0.221. The number of ether oxygens (including phenoxy) is 3. The molecular weight excluding hydrogens is 438 g/mol. The molecule has 1 amide bonds. The highest BCUT2D eigenvalue weighted by Crippen LogP contribution is 2.26. The molecule has 34 heavy (non-hydrogen) atoms. The Kier molecular flexibility index (Phi) is 6.79. The zero-order valence-corrected chi connectivity index (χ0v) is 19.0. The molecule has 11 nitrogen and oxygen atoms in total. The Labute approximate surface area is 196 Å². The highest BCUT2D eigenvalue weighted by molar-refractivity contribution is 5.96. The molecule has 0 bridgehead atoms. The normalized spacial score (nSPS) is 14.8. The van der Waals surface area contributed by atoms with E-state index in [0.29, 0.717) is 41.7 Å². The molecule has 3 aromatic heterocycles. The molecule has 1 unspecified atom stereocenters. The number of anilines is 2. The molecule has 0 saturated carbocycles. The lowest BCUT2D eigenvalue weighted by Gasteiger charge is -2.14. The molecule has 1 fully saturated rings. The third kappa shape index (κ3) is 5.02. The first kappa shape index (κ1) is 22.9. The van der Waals surface area contributed by atoms with Crippen molar-refractivity contribution in [2.24, 2.45) is 0 Å². The van der Waals surface area contributed by atoms with Crippen LogP contribution in [0.25, 0.3) is 11.4 Å². The second kappa shape index (κ2) is 10.1. The van der Waals surface area contributed by atoms with Gasteiger partial charge in [0, 0.05) is 26.7 Å². The second-order valence-electron chi connectivity index (χ2n) is 7.60. The molecular formula is C23H23N7O4. The number of nitrogens with one attached hydrogen (secondary N) is 1. The minimum absolute atomic E-state index is 0.0847. The van der Waals surface area contributed by atoms with Gasteiger partial charge in [-0.25, -0.2) is 15.0 Å². The Bertz CT molecular complexity index is 1240. The number of aromatic nitrogens is 4. The number of hydrogen-bond donors (Lipinski definition) is 1. The van der Waals surface area contributed by atoms with E-state index in [4.69, 9.17) is 14.2 Å². The third-order valence-corrected chi connectivity index (χ3v) is 4.99. The van der Waals surface area contributed by atoms with Crippen molar-refractivity contribution in [1.29, 1.82) is 5.26 Å². The maximum Gasteiger partial charge on any atom is 0.258 e. The number of pyridine rings is 2. The number of amides is 1. The van der Waals surface area contributed by atoms with Crippen molar-refractivity contribution in [1.82, 2.24) is 24.8 Å². The van der Waals surface area contributed by atoms with Gasteiger partial charge in [0.05, 0.1) is 31.7 Å². The van der Waals surface area contributed by atoms with E-state index < -0.39 is 0 Å². The summed E-state index contributed by atoms with van der Waals surface area (Å²) in [6, 6.07) is 10.5. The van der Waals surface area contributed by atoms with Crippen LogP contribution < -0.4 is 14.8 Å². The van der Waals surface area contributed by atoms with Crippen LogP contribution >= 0.6 is 0 Å². The maximum atomic E-state index is 12.3. The van der Waals surface area contributed by atoms with Crippen LogP contribution in [0, 0.1) is 11.3 Å². The summed E-state index contributed by atoms with van der Waals surface area (Å²) < 4.78 is 16.4. The number of carbonyl (C=O) groups excluding carboxylic acids is 1. The van der Waals surface area contributed by atoms with Crippen molar-refractivity contribution in [2.45, 2.75) is 12.5 Å². The Balaban J connectivity index is 1.55. The van der Waals surface area contributed by atoms with Gasteiger partial charge < -0.3 is 24.4 Å². The highest BCUT2D eigenvalue weighted by Gasteiger charge is 2.20. The van der Waals surface area contributed by atoms with Crippen LogP contribution in [0.3, 0.4) is 0 Å². The van der Waals surface area contributed by atoms with Crippen LogP contribution in [0.4, 0.5) is 11.8 Å². The molecule has 1 aliphatic heterocycles. The van der Waals surface area contributed by atoms with Crippen LogP contribution in [0.1, 0.15) is 22.5 Å². The number of nitriles is 1. The van der Waals surface area contributed by atoms with Crippen molar-refractivity contribution in [2.75, 3.05) is 39.7 Å². The van der Waals surface area contributed by atoms with Gasteiger partial charge in [0.1, 0.15) is 23.6 Å².